The summed E-state index contributed by atoms with van der Waals surface area (Å²) < 4.78 is 28.0. The van der Waals surface area contributed by atoms with E-state index in [9.17, 15) is 8.78 Å². The van der Waals surface area contributed by atoms with Gasteiger partial charge in [0.15, 0.2) is 0 Å². The molecule has 0 aliphatic heterocycles. The highest BCUT2D eigenvalue weighted by Gasteiger charge is 2.20. The first-order chi connectivity index (χ1) is 10.6. The van der Waals surface area contributed by atoms with Crippen LogP contribution in [-0.2, 0) is 0 Å². The molecule has 118 valence electrons. The molecule has 0 saturated carbocycles. The maximum absolute atomic E-state index is 13.0. The first kappa shape index (κ1) is 17.1. The molecule has 4 nitrogen and oxygen atoms in total. The van der Waals surface area contributed by atoms with Crippen LogP contribution >= 0.6 is 27.7 Å². The average Bonchev–Trinajstić information content (AvgIpc) is 2.90. The summed E-state index contributed by atoms with van der Waals surface area (Å²) in [6, 6.07) is 7.42. The van der Waals surface area contributed by atoms with Gasteiger partial charge in [-0.05, 0) is 12.5 Å². The van der Waals surface area contributed by atoms with Crippen LogP contribution in [-0.4, -0.2) is 26.8 Å². The second kappa shape index (κ2) is 8.38. The number of hydrogen-bond donors (Lipinski definition) is 0. The summed E-state index contributed by atoms with van der Waals surface area (Å²) in [5.41, 5.74) is 0.793. The van der Waals surface area contributed by atoms with Crippen molar-refractivity contribution in [1.82, 2.24) is 14.9 Å². The summed E-state index contributed by atoms with van der Waals surface area (Å²) in [6.45, 7) is 2.07. The Kier molecular flexibility index (Phi) is 6.50. The Morgan fingerprint density at radius 2 is 2.14 bits per heavy atom. The number of nitrogens with zero attached hydrogens (tertiary/aromatic N) is 4. The van der Waals surface area contributed by atoms with Crippen LogP contribution in [0.15, 0.2) is 39.0 Å². The van der Waals surface area contributed by atoms with Gasteiger partial charge in [-0.2, -0.15) is 9.78 Å². The predicted molar refractivity (Wildman–Crippen MR) is 87.7 cm³/mol. The lowest BCUT2D eigenvalue weighted by Crippen LogP contribution is -2.01. The Bertz CT molecular complexity index is 646. The van der Waals surface area contributed by atoms with E-state index in [1.807, 2.05) is 24.3 Å². The lowest BCUT2D eigenvalue weighted by atomic mass is 10.2. The maximum atomic E-state index is 13.0. The van der Waals surface area contributed by atoms with Crippen LogP contribution in [0.25, 0.3) is 0 Å². The third-order valence-corrected chi connectivity index (χ3v) is 4.51. The number of unbranched alkanes of at least 4 members (excludes halogenated alkanes) is 1. The second-order valence-corrected chi connectivity index (χ2v) is 6.34. The van der Waals surface area contributed by atoms with Gasteiger partial charge in [-0.15, -0.1) is 10.2 Å². The van der Waals surface area contributed by atoms with E-state index in [1.54, 1.807) is 0 Å². The molecule has 0 aliphatic carbocycles. The lowest BCUT2D eigenvalue weighted by Gasteiger charge is -2.04. The Morgan fingerprint density at radius 3 is 2.82 bits per heavy atom. The molecule has 8 heteroatoms. The molecule has 0 N–H and O–H groups in total. The fraction of sp³-hybridized carbons (Fsp3) is 0.357. The normalized spacial score (nSPS) is 11.7. The number of aromatic nitrogens is 3. The van der Waals surface area contributed by atoms with Gasteiger partial charge in [0, 0.05) is 15.8 Å². The second-order valence-electron chi connectivity index (χ2n) is 4.42. The third-order valence-electron chi connectivity index (χ3n) is 2.78. The molecule has 0 atom stereocenters. The van der Waals surface area contributed by atoms with Crippen molar-refractivity contribution in [3.8, 4) is 0 Å². The van der Waals surface area contributed by atoms with Crippen LogP contribution in [0.2, 0.25) is 0 Å². The van der Waals surface area contributed by atoms with Gasteiger partial charge in [-0.1, -0.05) is 59.2 Å². The summed E-state index contributed by atoms with van der Waals surface area (Å²) in [7, 11) is 0. The zero-order chi connectivity index (χ0) is 15.9. The number of benzene rings is 1. The summed E-state index contributed by atoms with van der Waals surface area (Å²) in [5, 5.41) is 11.9. The molecule has 0 unspecified atom stereocenters. The standard InChI is InChI=1S/C14H15BrF2N4S/c1-2-3-8-22-14-20-19-13(12(16)17)21(14)18-9-10-6-4-5-7-11(10)15/h4-7,9,12H,2-3,8H2,1H3/b18-9-. The van der Waals surface area contributed by atoms with Crippen LogP contribution in [0.5, 0.6) is 0 Å². The van der Waals surface area contributed by atoms with E-state index in [1.165, 1.54) is 18.0 Å². The smallest absolute Gasteiger partial charge is 0.201 e. The highest BCUT2D eigenvalue weighted by atomic mass is 79.9. The minimum atomic E-state index is -2.72. The lowest BCUT2D eigenvalue weighted by molar-refractivity contribution is 0.135. The van der Waals surface area contributed by atoms with Crippen molar-refractivity contribution < 1.29 is 8.78 Å². The van der Waals surface area contributed by atoms with Crippen molar-refractivity contribution in [2.45, 2.75) is 31.3 Å². The molecule has 1 aromatic carbocycles. The van der Waals surface area contributed by atoms with Gasteiger partial charge in [-0.25, -0.2) is 8.78 Å². The van der Waals surface area contributed by atoms with E-state index < -0.39 is 12.2 Å². The Balaban J connectivity index is 2.27. The van der Waals surface area contributed by atoms with Gasteiger partial charge in [-0.3, -0.25) is 0 Å². The summed E-state index contributed by atoms with van der Waals surface area (Å²) in [6.07, 6.45) is 0.811. The minimum absolute atomic E-state index is 0.382. The monoisotopic (exact) mass is 388 g/mol. The van der Waals surface area contributed by atoms with Gasteiger partial charge in [0.25, 0.3) is 6.43 Å². The highest BCUT2D eigenvalue weighted by Crippen LogP contribution is 2.24. The van der Waals surface area contributed by atoms with Crippen molar-refractivity contribution in [1.29, 1.82) is 0 Å². The molecule has 2 aromatic rings. The Morgan fingerprint density at radius 1 is 1.36 bits per heavy atom. The molecule has 0 bridgehead atoms. The van der Waals surface area contributed by atoms with Crippen molar-refractivity contribution in [3.63, 3.8) is 0 Å². The van der Waals surface area contributed by atoms with Crippen molar-refractivity contribution >= 4 is 33.9 Å². The highest BCUT2D eigenvalue weighted by molar-refractivity contribution is 9.10. The molecule has 0 amide bonds. The van der Waals surface area contributed by atoms with Crippen molar-refractivity contribution in [2.75, 3.05) is 5.75 Å². The zero-order valence-electron chi connectivity index (χ0n) is 11.9. The molecule has 0 radical (unpaired) electrons. The number of thioether (sulfide) groups is 1. The van der Waals surface area contributed by atoms with Crippen molar-refractivity contribution in [2.24, 2.45) is 5.10 Å². The number of alkyl halides is 2. The molecule has 0 saturated heterocycles. The molecule has 22 heavy (non-hydrogen) atoms. The fourth-order valence-corrected chi connectivity index (χ4v) is 2.98. The molecule has 0 spiro atoms. The molecular weight excluding hydrogens is 374 g/mol. The van der Waals surface area contributed by atoms with Gasteiger partial charge >= 0.3 is 0 Å². The largest absolute Gasteiger partial charge is 0.299 e. The van der Waals surface area contributed by atoms with Gasteiger partial charge < -0.3 is 0 Å². The first-order valence-corrected chi connectivity index (χ1v) is 8.56. The minimum Gasteiger partial charge on any atom is -0.201 e. The van der Waals surface area contributed by atoms with Crippen LogP contribution in [0.3, 0.4) is 0 Å². The molecule has 1 heterocycles. The summed E-state index contributed by atoms with van der Waals surface area (Å²) in [5.74, 6) is 0.352. The van der Waals surface area contributed by atoms with Gasteiger partial charge in [0.05, 0.1) is 6.21 Å². The topological polar surface area (TPSA) is 43.1 Å². The molecule has 0 aliphatic rings. The van der Waals surface area contributed by atoms with Crippen LogP contribution in [0, 0.1) is 0 Å². The van der Waals surface area contributed by atoms with E-state index >= 15 is 0 Å². The Labute approximate surface area is 140 Å². The zero-order valence-corrected chi connectivity index (χ0v) is 14.3. The summed E-state index contributed by atoms with van der Waals surface area (Å²) in [4.78, 5) is 0. The van der Waals surface area contributed by atoms with Gasteiger partial charge in [0.2, 0.25) is 11.0 Å². The number of hydrogen-bond acceptors (Lipinski definition) is 4. The van der Waals surface area contributed by atoms with E-state index in [2.05, 4.69) is 38.2 Å². The van der Waals surface area contributed by atoms with Crippen LogP contribution in [0.4, 0.5) is 8.78 Å². The van der Waals surface area contributed by atoms with Crippen LogP contribution < -0.4 is 0 Å². The average molecular weight is 389 g/mol. The van der Waals surface area contributed by atoms with E-state index in [4.69, 9.17) is 0 Å². The maximum Gasteiger partial charge on any atom is 0.299 e. The SMILES string of the molecule is CCCCSc1nnc(C(F)F)n1/N=C\c1ccccc1Br. The molecular formula is C14H15BrF2N4S. The number of halogens is 3. The Hall–Kier alpha value is -1.28. The molecule has 2 rings (SSSR count). The van der Waals surface area contributed by atoms with E-state index in [0.29, 0.717) is 5.16 Å². The van der Waals surface area contributed by atoms with Crippen LogP contribution in [0.1, 0.15) is 37.6 Å². The van der Waals surface area contributed by atoms with Gasteiger partial charge in [0.1, 0.15) is 0 Å². The summed E-state index contributed by atoms with van der Waals surface area (Å²) >= 11 is 4.77. The predicted octanol–water partition coefficient (Wildman–Crippen LogP) is 4.75. The first-order valence-electron chi connectivity index (χ1n) is 6.78. The quantitative estimate of drug-likeness (QED) is 0.390. The van der Waals surface area contributed by atoms with Crippen molar-refractivity contribution in [3.05, 3.63) is 40.1 Å². The van der Waals surface area contributed by atoms with E-state index in [0.717, 1.165) is 33.3 Å². The fourth-order valence-electron chi connectivity index (χ4n) is 1.62. The molecule has 1 aromatic heterocycles. The third kappa shape index (κ3) is 4.36. The molecule has 0 fully saturated rings. The number of rotatable bonds is 7. The van der Waals surface area contributed by atoms with E-state index in [-0.39, 0.29) is 0 Å².